The standard InChI is InChI=1S/C15H23NO/c1-3-12-7-6-8-13(11-12)17-15-10-5-4-9-14(15)16-2/h6-8,11,14-16H,3-5,9-10H2,1-2H3. The third-order valence-corrected chi connectivity index (χ3v) is 3.67. The van der Waals surface area contributed by atoms with E-state index in [1.165, 1.54) is 31.2 Å². The molecule has 0 amide bonds. The van der Waals surface area contributed by atoms with E-state index in [1.54, 1.807) is 0 Å². The van der Waals surface area contributed by atoms with Crippen molar-refractivity contribution in [3.05, 3.63) is 29.8 Å². The van der Waals surface area contributed by atoms with Gasteiger partial charge in [-0.15, -0.1) is 0 Å². The van der Waals surface area contributed by atoms with Crippen molar-refractivity contribution in [3.63, 3.8) is 0 Å². The maximum absolute atomic E-state index is 6.14. The van der Waals surface area contributed by atoms with Gasteiger partial charge in [-0.2, -0.15) is 0 Å². The number of benzene rings is 1. The lowest BCUT2D eigenvalue weighted by Gasteiger charge is -2.31. The van der Waals surface area contributed by atoms with E-state index in [2.05, 4.69) is 36.5 Å². The predicted octanol–water partition coefficient (Wildman–Crippen LogP) is 3.16. The van der Waals surface area contributed by atoms with Gasteiger partial charge < -0.3 is 10.1 Å². The molecule has 1 aliphatic carbocycles. The third kappa shape index (κ3) is 3.22. The Balaban J connectivity index is 2.02. The van der Waals surface area contributed by atoms with Crippen LogP contribution in [0.5, 0.6) is 5.75 Å². The second-order valence-electron chi connectivity index (χ2n) is 4.84. The minimum atomic E-state index is 0.334. The summed E-state index contributed by atoms with van der Waals surface area (Å²) in [4.78, 5) is 0. The number of nitrogens with one attached hydrogen (secondary N) is 1. The lowest BCUT2D eigenvalue weighted by molar-refractivity contribution is 0.118. The SMILES string of the molecule is CCc1cccc(OC2CCCCC2NC)c1. The molecule has 2 nitrogen and oxygen atoms in total. The van der Waals surface area contributed by atoms with Gasteiger partial charge in [0.15, 0.2) is 0 Å². The van der Waals surface area contributed by atoms with Crippen LogP contribution in [0.15, 0.2) is 24.3 Å². The summed E-state index contributed by atoms with van der Waals surface area (Å²) in [7, 11) is 2.04. The van der Waals surface area contributed by atoms with Crippen molar-refractivity contribution in [3.8, 4) is 5.75 Å². The molecule has 2 unspecified atom stereocenters. The Bertz CT molecular complexity index is 351. The van der Waals surface area contributed by atoms with Crippen molar-refractivity contribution in [1.82, 2.24) is 5.32 Å². The average molecular weight is 233 g/mol. The van der Waals surface area contributed by atoms with Crippen LogP contribution in [0.1, 0.15) is 38.2 Å². The number of likely N-dealkylation sites (N-methyl/N-ethyl adjacent to an activating group) is 1. The molecule has 0 aromatic heterocycles. The monoisotopic (exact) mass is 233 g/mol. The Morgan fingerprint density at radius 3 is 2.88 bits per heavy atom. The maximum Gasteiger partial charge on any atom is 0.120 e. The molecule has 0 aliphatic heterocycles. The molecule has 0 spiro atoms. The largest absolute Gasteiger partial charge is 0.489 e. The van der Waals surface area contributed by atoms with Crippen LogP contribution < -0.4 is 10.1 Å². The number of hydrogen-bond acceptors (Lipinski definition) is 2. The summed E-state index contributed by atoms with van der Waals surface area (Å²) in [5.41, 5.74) is 1.35. The normalized spacial score (nSPS) is 24.6. The second-order valence-corrected chi connectivity index (χ2v) is 4.84. The molecule has 0 saturated heterocycles. The number of hydrogen-bond donors (Lipinski definition) is 1. The molecule has 1 aliphatic rings. The van der Waals surface area contributed by atoms with Gasteiger partial charge in [-0.3, -0.25) is 0 Å². The highest BCUT2D eigenvalue weighted by molar-refractivity contribution is 5.28. The molecule has 94 valence electrons. The Kier molecular flexibility index (Phi) is 4.43. The van der Waals surface area contributed by atoms with Crippen LogP contribution in [0, 0.1) is 0 Å². The van der Waals surface area contributed by atoms with Crippen molar-refractivity contribution in [2.45, 2.75) is 51.2 Å². The van der Waals surface area contributed by atoms with E-state index in [0.717, 1.165) is 12.2 Å². The molecule has 0 heterocycles. The zero-order valence-electron chi connectivity index (χ0n) is 10.9. The van der Waals surface area contributed by atoms with Crippen LogP contribution >= 0.6 is 0 Å². The van der Waals surface area contributed by atoms with Gasteiger partial charge in [0.25, 0.3) is 0 Å². The van der Waals surface area contributed by atoms with E-state index in [9.17, 15) is 0 Å². The minimum Gasteiger partial charge on any atom is -0.489 e. The molecule has 1 aromatic carbocycles. The lowest BCUT2D eigenvalue weighted by atomic mass is 9.92. The van der Waals surface area contributed by atoms with E-state index in [4.69, 9.17) is 4.74 Å². The molecule has 2 rings (SSSR count). The van der Waals surface area contributed by atoms with Gasteiger partial charge >= 0.3 is 0 Å². The molecule has 2 heteroatoms. The number of rotatable bonds is 4. The first kappa shape index (κ1) is 12.4. The van der Waals surface area contributed by atoms with Crippen molar-refractivity contribution in [2.24, 2.45) is 0 Å². The molecule has 1 fully saturated rings. The molecule has 0 radical (unpaired) electrons. The van der Waals surface area contributed by atoms with E-state index in [0.29, 0.717) is 12.1 Å². The molecule has 17 heavy (non-hydrogen) atoms. The predicted molar refractivity (Wildman–Crippen MR) is 71.6 cm³/mol. The summed E-state index contributed by atoms with van der Waals surface area (Å²) in [5, 5.41) is 3.38. The zero-order chi connectivity index (χ0) is 12.1. The Morgan fingerprint density at radius 1 is 1.29 bits per heavy atom. The van der Waals surface area contributed by atoms with Gasteiger partial charge in [-0.05, 0) is 50.4 Å². The first-order valence-electron chi connectivity index (χ1n) is 6.76. The molecular weight excluding hydrogens is 210 g/mol. The molecule has 1 aromatic rings. The van der Waals surface area contributed by atoms with Gasteiger partial charge in [0.05, 0.1) is 0 Å². The lowest BCUT2D eigenvalue weighted by Crippen LogP contribution is -2.43. The first-order chi connectivity index (χ1) is 8.33. The van der Waals surface area contributed by atoms with Gasteiger partial charge in [0, 0.05) is 6.04 Å². The molecular formula is C15H23NO. The summed E-state index contributed by atoms with van der Waals surface area (Å²) in [6.45, 7) is 2.18. The van der Waals surface area contributed by atoms with Crippen LogP contribution in [-0.2, 0) is 6.42 Å². The maximum atomic E-state index is 6.14. The highest BCUT2D eigenvalue weighted by Crippen LogP contribution is 2.24. The quantitative estimate of drug-likeness (QED) is 0.862. The fourth-order valence-corrected chi connectivity index (χ4v) is 2.58. The van der Waals surface area contributed by atoms with Gasteiger partial charge in [0.1, 0.15) is 11.9 Å². The van der Waals surface area contributed by atoms with Crippen molar-refractivity contribution >= 4 is 0 Å². The van der Waals surface area contributed by atoms with Gasteiger partial charge in [-0.1, -0.05) is 25.5 Å². The Hall–Kier alpha value is -1.02. The van der Waals surface area contributed by atoms with Crippen molar-refractivity contribution in [2.75, 3.05) is 7.05 Å². The van der Waals surface area contributed by atoms with Crippen molar-refractivity contribution < 1.29 is 4.74 Å². The fraction of sp³-hybridized carbons (Fsp3) is 0.600. The van der Waals surface area contributed by atoms with Crippen LogP contribution in [0.3, 0.4) is 0 Å². The van der Waals surface area contributed by atoms with E-state index < -0.39 is 0 Å². The molecule has 1 saturated carbocycles. The highest BCUT2D eigenvalue weighted by Gasteiger charge is 2.25. The second kappa shape index (κ2) is 6.06. The summed E-state index contributed by atoms with van der Waals surface area (Å²) in [5.74, 6) is 1.02. The highest BCUT2D eigenvalue weighted by atomic mass is 16.5. The van der Waals surface area contributed by atoms with Crippen LogP contribution in [0.2, 0.25) is 0 Å². The van der Waals surface area contributed by atoms with Crippen LogP contribution in [0.25, 0.3) is 0 Å². The smallest absolute Gasteiger partial charge is 0.120 e. The third-order valence-electron chi connectivity index (χ3n) is 3.67. The summed E-state index contributed by atoms with van der Waals surface area (Å²) >= 11 is 0. The van der Waals surface area contributed by atoms with E-state index >= 15 is 0 Å². The number of ether oxygens (including phenoxy) is 1. The minimum absolute atomic E-state index is 0.334. The van der Waals surface area contributed by atoms with Gasteiger partial charge in [-0.25, -0.2) is 0 Å². The number of aryl methyl sites for hydroxylation is 1. The molecule has 0 bridgehead atoms. The van der Waals surface area contributed by atoms with Crippen molar-refractivity contribution in [1.29, 1.82) is 0 Å². The first-order valence-corrected chi connectivity index (χ1v) is 6.76. The van der Waals surface area contributed by atoms with E-state index in [1.807, 2.05) is 7.05 Å². The van der Waals surface area contributed by atoms with Crippen LogP contribution in [-0.4, -0.2) is 19.2 Å². The average Bonchev–Trinajstić information content (AvgIpc) is 2.39. The fourth-order valence-electron chi connectivity index (χ4n) is 2.58. The summed E-state index contributed by atoms with van der Waals surface area (Å²) in [6.07, 6.45) is 6.41. The molecule has 1 N–H and O–H groups in total. The molecule has 2 atom stereocenters. The summed E-state index contributed by atoms with van der Waals surface area (Å²) < 4.78 is 6.14. The van der Waals surface area contributed by atoms with Crippen LogP contribution in [0.4, 0.5) is 0 Å². The zero-order valence-corrected chi connectivity index (χ0v) is 10.9. The van der Waals surface area contributed by atoms with E-state index in [-0.39, 0.29) is 0 Å². The van der Waals surface area contributed by atoms with Gasteiger partial charge in [0.2, 0.25) is 0 Å². The Labute approximate surface area is 104 Å². The Morgan fingerprint density at radius 2 is 2.12 bits per heavy atom. The summed E-state index contributed by atoms with van der Waals surface area (Å²) in [6, 6.07) is 8.99. The topological polar surface area (TPSA) is 21.3 Å².